The van der Waals surface area contributed by atoms with Crippen LogP contribution in [0, 0.1) is 0 Å². The van der Waals surface area contributed by atoms with Crippen LogP contribution in [0.2, 0.25) is 0 Å². The summed E-state index contributed by atoms with van der Waals surface area (Å²) in [5.74, 6) is 0.283. The summed E-state index contributed by atoms with van der Waals surface area (Å²) in [6.45, 7) is 0.575. The summed E-state index contributed by atoms with van der Waals surface area (Å²) in [7, 11) is 1.36. The second-order valence-electron chi connectivity index (χ2n) is 3.80. The fourth-order valence-corrected chi connectivity index (χ4v) is 1.51. The van der Waals surface area contributed by atoms with Crippen molar-refractivity contribution in [2.24, 2.45) is 0 Å². The van der Waals surface area contributed by atoms with Gasteiger partial charge in [-0.3, -0.25) is 4.79 Å². The molecule has 0 saturated heterocycles. The molecule has 0 fully saturated rings. The van der Waals surface area contributed by atoms with Crippen LogP contribution in [0.4, 0.5) is 0 Å². The lowest BCUT2D eigenvalue weighted by molar-refractivity contribution is -0.140. The molecule has 6 nitrogen and oxygen atoms in total. The lowest BCUT2D eigenvalue weighted by Crippen LogP contribution is -2.05. The van der Waals surface area contributed by atoms with Gasteiger partial charge in [-0.2, -0.15) is 4.80 Å². The first kappa shape index (κ1) is 12.2. The number of rotatable bonds is 5. The van der Waals surface area contributed by atoms with Crippen LogP contribution in [0.5, 0.6) is 0 Å². The van der Waals surface area contributed by atoms with Crippen LogP contribution in [0.15, 0.2) is 30.3 Å². The second kappa shape index (κ2) is 5.90. The molecule has 0 spiro atoms. The Balaban J connectivity index is 1.92. The molecule has 0 aliphatic heterocycles. The first-order chi connectivity index (χ1) is 8.78. The molecule has 94 valence electrons. The summed E-state index contributed by atoms with van der Waals surface area (Å²) < 4.78 is 4.55. The highest BCUT2D eigenvalue weighted by Crippen LogP contribution is 2.01. The highest BCUT2D eigenvalue weighted by atomic mass is 16.5. The van der Waals surface area contributed by atoms with Crippen LogP contribution in [0.3, 0.4) is 0 Å². The Kier molecular flexibility index (Phi) is 4.01. The number of nitrogens with zero attached hydrogens (tertiary/aromatic N) is 4. The molecule has 1 aromatic carbocycles. The molecule has 0 aliphatic carbocycles. The minimum absolute atomic E-state index is 0.269. The topological polar surface area (TPSA) is 69.9 Å². The first-order valence-electron chi connectivity index (χ1n) is 5.65. The molecule has 0 atom stereocenters. The van der Waals surface area contributed by atoms with E-state index < -0.39 is 0 Å². The van der Waals surface area contributed by atoms with E-state index in [1.807, 2.05) is 30.3 Å². The quantitative estimate of drug-likeness (QED) is 0.731. The number of carbonyl (C=O) groups is 1. The molecule has 0 N–H and O–H groups in total. The smallest absolute Gasteiger partial charge is 0.305 e. The average Bonchev–Trinajstić information content (AvgIpc) is 2.85. The van der Waals surface area contributed by atoms with Crippen LogP contribution < -0.4 is 0 Å². The summed E-state index contributed by atoms with van der Waals surface area (Å²) in [4.78, 5) is 12.5. The maximum atomic E-state index is 11.0. The van der Waals surface area contributed by atoms with Gasteiger partial charge in [0.2, 0.25) is 0 Å². The number of ether oxygens (including phenoxy) is 1. The van der Waals surface area contributed by atoms with E-state index in [4.69, 9.17) is 0 Å². The van der Waals surface area contributed by atoms with Crippen molar-refractivity contribution < 1.29 is 9.53 Å². The highest BCUT2D eigenvalue weighted by molar-refractivity contribution is 5.69. The van der Waals surface area contributed by atoms with Crippen LogP contribution in [0.1, 0.15) is 17.8 Å². The third-order valence-corrected chi connectivity index (χ3v) is 2.44. The monoisotopic (exact) mass is 246 g/mol. The molecule has 18 heavy (non-hydrogen) atoms. The van der Waals surface area contributed by atoms with Crippen molar-refractivity contribution >= 4 is 5.97 Å². The molecule has 0 aliphatic rings. The summed E-state index contributed by atoms with van der Waals surface area (Å²) in [5.41, 5.74) is 1.11. The second-order valence-corrected chi connectivity index (χ2v) is 3.80. The Morgan fingerprint density at radius 1 is 1.33 bits per heavy atom. The number of methoxy groups -OCH3 is 1. The van der Waals surface area contributed by atoms with Gasteiger partial charge in [-0.05, 0) is 10.8 Å². The predicted molar refractivity (Wildman–Crippen MR) is 63.7 cm³/mol. The number of tetrazole rings is 1. The van der Waals surface area contributed by atoms with E-state index in [0.717, 1.165) is 5.56 Å². The minimum Gasteiger partial charge on any atom is -0.469 e. The standard InChI is InChI=1S/C12H14N4O2/c1-18-12(17)8-7-11-13-15-16(14-11)9-10-5-3-2-4-6-10/h2-6H,7-9H2,1H3. The van der Waals surface area contributed by atoms with Gasteiger partial charge in [0.15, 0.2) is 5.82 Å². The molecule has 0 saturated carbocycles. The molecule has 0 bridgehead atoms. The summed E-state index contributed by atoms with van der Waals surface area (Å²) >= 11 is 0. The van der Waals surface area contributed by atoms with E-state index in [-0.39, 0.29) is 12.4 Å². The van der Waals surface area contributed by atoms with Gasteiger partial charge >= 0.3 is 5.97 Å². The number of esters is 1. The molecule has 1 aromatic heterocycles. The Bertz CT molecular complexity index is 510. The summed E-state index contributed by atoms with van der Waals surface area (Å²) in [5, 5.41) is 12.0. The minimum atomic E-state index is -0.269. The van der Waals surface area contributed by atoms with Gasteiger partial charge in [-0.1, -0.05) is 30.3 Å². The number of carbonyl (C=O) groups excluding carboxylic acids is 1. The molecule has 2 aromatic rings. The van der Waals surface area contributed by atoms with Gasteiger partial charge in [-0.15, -0.1) is 10.2 Å². The van der Waals surface area contributed by atoms with Gasteiger partial charge in [0.05, 0.1) is 20.1 Å². The van der Waals surface area contributed by atoms with Crippen LogP contribution in [0.25, 0.3) is 0 Å². The lowest BCUT2D eigenvalue weighted by atomic mass is 10.2. The normalized spacial score (nSPS) is 10.3. The Labute approximate surface area is 105 Å². The molecule has 0 amide bonds. The molecule has 6 heteroatoms. The summed E-state index contributed by atoms with van der Waals surface area (Å²) in [6, 6.07) is 9.88. The van der Waals surface area contributed by atoms with Crippen molar-refractivity contribution in [3.05, 3.63) is 41.7 Å². The van der Waals surface area contributed by atoms with Crippen molar-refractivity contribution in [3.63, 3.8) is 0 Å². The van der Waals surface area contributed by atoms with E-state index >= 15 is 0 Å². The fraction of sp³-hybridized carbons (Fsp3) is 0.333. The Morgan fingerprint density at radius 3 is 2.83 bits per heavy atom. The van der Waals surface area contributed by atoms with Crippen molar-refractivity contribution in [1.29, 1.82) is 0 Å². The number of aromatic nitrogens is 4. The van der Waals surface area contributed by atoms with Crippen LogP contribution in [-0.2, 0) is 22.5 Å². The largest absolute Gasteiger partial charge is 0.469 e. The van der Waals surface area contributed by atoms with Crippen molar-refractivity contribution in [3.8, 4) is 0 Å². The number of hydrogen-bond donors (Lipinski definition) is 0. The number of hydrogen-bond acceptors (Lipinski definition) is 5. The zero-order chi connectivity index (χ0) is 12.8. The van der Waals surface area contributed by atoms with Crippen molar-refractivity contribution in [2.45, 2.75) is 19.4 Å². The predicted octanol–water partition coefficient (Wildman–Crippen LogP) is 0.827. The molecule has 1 heterocycles. The molecular weight excluding hydrogens is 232 g/mol. The number of benzene rings is 1. The maximum absolute atomic E-state index is 11.0. The maximum Gasteiger partial charge on any atom is 0.305 e. The van der Waals surface area contributed by atoms with Crippen molar-refractivity contribution in [1.82, 2.24) is 20.2 Å². The average molecular weight is 246 g/mol. The van der Waals surface area contributed by atoms with E-state index in [2.05, 4.69) is 20.1 Å². The van der Waals surface area contributed by atoms with E-state index in [9.17, 15) is 4.79 Å². The number of aryl methyl sites for hydroxylation is 1. The first-order valence-corrected chi connectivity index (χ1v) is 5.65. The summed E-state index contributed by atoms with van der Waals surface area (Å²) in [6.07, 6.45) is 0.717. The molecule has 2 rings (SSSR count). The van der Waals surface area contributed by atoms with Gasteiger partial charge in [0.1, 0.15) is 0 Å². The van der Waals surface area contributed by atoms with Crippen LogP contribution >= 0.6 is 0 Å². The fourth-order valence-electron chi connectivity index (χ4n) is 1.51. The zero-order valence-corrected chi connectivity index (χ0v) is 10.1. The van der Waals surface area contributed by atoms with E-state index in [1.165, 1.54) is 11.9 Å². The lowest BCUT2D eigenvalue weighted by Gasteiger charge is -1.98. The van der Waals surface area contributed by atoms with Gasteiger partial charge in [-0.25, -0.2) is 0 Å². The molecule has 0 radical (unpaired) electrons. The third kappa shape index (κ3) is 3.38. The highest BCUT2D eigenvalue weighted by Gasteiger charge is 2.07. The van der Waals surface area contributed by atoms with E-state index in [0.29, 0.717) is 18.8 Å². The van der Waals surface area contributed by atoms with Crippen molar-refractivity contribution in [2.75, 3.05) is 7.11 Å². The SMILES string of the molecule is COC(=O)CCc1nnn(Cc2ccccc2)n1. The zero-order valence-electron chi connectivity index (χ0n) is 10.1. The molecule has 0 unspecified atom stereocenters. The van der Waals surface area contributed by atoms with Crippen LogP contribution in [-0.4, -0.2) is 33.3 Å². The Hall–Kier alpha value is -2.24. The molecular formula is C12H14N4O2. The van der Waals surface area contributed by atoms with E-state index in [1.54, 1.807) is 0 Å². The third-order valence-electron chi connectivity index (χ3n) is 2.44. The van der Waals surface area contributed by atoms with Gasteiger partial charge in [0.25, 0.3) is 0 Å². The van der Waals surface area contributed by atoms with Gasteiger partial charge < -0.3 is 4.74 Å². The Morgan fingerprint density at radius 2 is 2.11 bits per heavy atom. The van der Waals surface area contributed by atoms with Gasteiger partial charge in [0, 0.05) is 6.42 Å².